The van der Waals surface area contributed by atoms with Gasteiger partial charge >= 0.3 is 0 Å². The molecule has 0 aliphatic carbocycles. The van der Waals surface area contributed by atoms with E-state index in [-0.39, 0.29) is 11.6 Å². The third kappa shape index (κ3) is 2.75. The number of nitrogens with one attached hydrogen (secondary N) is 1. The summed E-state index contributed by atoms with van der Waals surface area (Å²) >= 11 is 11.7. The molecule has 5 nitrogen and oxygen atoms in total. The van der Waals surface area contributed by atoms with E-state index in [4.69, 9.17) is 23.2 Å². The lowest BCUT2D eigenvalue weighted by Crippen LogP contribution is -2.12. The number of benzene rings is 1. The van der Waals surface area contributed by atoms with Gasteiger partial charge in [-0.3, -0.25) is 9.48 Å². The average Bonchev–Trinajstić information content (AvgIpc) is 2.69. The molecule has 0 aliphatic heterocycles. The number of amides is 1. The van der Waals surface area contributed by atoms with E-state index in [0.29, 0.717) is 15.7 Å². The Hall–Kier alpha value is -1.59. The van der Waals surface area contributed by atoms with E-state index in [2.05, 4.69) is 15.6 Å². The third-order valence-electron chi connectivity index (χ3n) is 2.01. The fourth-order valence-electron chi connectivity index (χ4n) is 1.23. The molecule has 0 atom stereocenters. The van der Waals surface area contributed by atoms with Gasteiger partial charge in [0.1, 0.15) is 0 Å². The molecule has 2 rings (SSSR count). The first-order valence-electron chi connectivity index (χ1n) is 4.69. The van der Waals surface area contributed by atoms with Crippen LogP contribution in [0.5, 0.6) is 0 Å². The second kappa shape index (κ2) is 4.73. The minimum absolute atomic E-state index is 0.221. The molecule has 0 unspecified atom stereocenters. The maximum atomic E-state index is 11.7. The van der Waals surface area contributed by atoms with Crippen LogP contribution in [0.2, 0.25) is 10.0 Å². The van der Waals surface area contributed by atoms with Gasteiger partial charge < -0.3 is 5.32 Å². The molecule has 0 saturated carbocycles. The van der Waals surface area contributed by atoms with Crippen LogP contribution in [0.15, 0.2) is 24.4 Å². The van der Waals surface area contributed by atoms with Gasteiger partial charge in [-0.2, -0.15) is 0 Å². The van der Waals surface area contributed by atoms with Crippen LogP contribution >= 0.6 is 23.2 Å². The minimum Gasteiger partial charge on any atom is -0.319 e. The molecule has 2 aromatic rings. The van der Waals surface area contributed by atoms with E-state index in [9.17, 15) is 4.79 Å². The number of aryl methyl sites for hydroxylation is 1. The van der Waals surface area contributed by atoms with Gasteiger partial charge in [0.15, 0.2) is 5.69 Å². The van der Waals surface area contributed by atoms with Crippen LogP contribution in [0.3, 0.4) is 0 Å². The molecular formula is C10H8Cl2N4O. The van der Waals surface area contributed by atoms with E-state index in [1.165, 1.54) is 10.9 Å². The molecule has 0 bridgehead atoms. The zero-order chi connectivity index (χ0) is 12.4. The van der Waals surface area contributed by atoms with Crippen LogP contribution < -0.4 is 5.32 Å². The van der Waals surface area contributed by atoms with E-state index < -0.39 is 0 Å². The summed E-state index contributed by atoms with van der Waals surface area (Å²) in [6.45, 7) is 0. The van der Waals surface area contributed by atoms with Gasteiger partial charge in [0.05, 0.1) is 16.9 Å². The topological polar surface area (TPSA) is 59.8 Å². The van der Waals surface area contributed by atoms with Crippen molar-refractivity contribution in [1.29, 1.82) is 0 Å². The highest BCUT2D eigenvalue weighted by atomic mass is 35.5. The van der Waals surface area contributed by atoms with E-state index in [1.54, 1.807) is 25.2 Å². The largest absolute Gasteiger partial charge is 0.319 e. The molecule has 1 N–H and O–H groups in total. The zero-order valence-electron chi connectivity index (χ0n) is 8.82. The maximum absolute atomic E-state index is 11.7. The van der Waals surface area contributed by atoms with Gasteiger partial charge in [0.25, 0.3) is 5.91 Å². The number of hydrogen-bond donors (Lipinski definition) is 1. The molecule has 88 valence electrons. The zero-order valence-corrected chi connectivity index (χ0v) is 10.3. The number of carbonyl (C=O) groups excluding carboxylic acids is 1. The average molecular weight is 271 g/mol. The number of hydrogen-bond acceptors (Lipinski definition) is 3. The molecule has 0 radical (unpaired) electrons. The van der Waals surface area contributed by atoms with E-state index >= 15 is 0 Å². The number of halogens is 2. The quantitative estimate of drug-likeness (QED) is 0.912. The van der Waals surface area contributed by atoms with Crippen molar-refractivity contribution in [3.05, 3.63) is 40.1 Å². The standard InChI is InChI=1S/C10H8Cl2N4O/c1-16-5-9(14-15-16)10(17)13-8-3-2-6(11)4-7(8)12/h2-5H,1H3,(H,13,17). The van der Waals surface area contributed by atoms with Gasteiger partial charge in [0.2, 0.25) is 0 Å². The summed E-state index contributed by atoms with van der Waals surface area (Å²) in [5.74, 6) is -0.373. The normalized spacial score (nSPS) is 10.3. The monoisotopic (exact) mass is 270 g/mol. The number of nitrogens with zero attached hydrogens (tertiary/aromatic N) is 3. The van der Waals surface area contributed by atoms with Gasteiger partial charge in [-0.15, -0.1) is 5.10 Å². The fraction of sp³-hybridized carbons (Fsp3) is 0.100. The molecule has 7 heteroatoms. The fourth-order valence-corrected chi connectivity index (χ4v) is 1.68. The Morgan fingerprint density at radius 1 is 1.41 bits per heavy atom. The van der Waals surface area contributed by atoms with Crippen LogP contribution in [0, 0.1) is 0 Å². The molecule has 0 fully saturated rings. The van der Waals surface area contributed by atoms with E-state index in [1.807, 2.05) is 0 Å². The SMILES string of the molecule is Cn1cc(C(=O)Nc2ccc(Cl)cc2Cl)nn1. The van der Waals surface area contributed by atoms with Gasteiger partial charge in [-0.25, -0.2) is 0 Å². The first-order valence-corrected chi connectivity index (χ1v) is 5.44. The molecule has 0 aliphatic rings. The van der Waals surface area contributed by atoms with Crippen molar-refractivity contribution in [3.8, 4) is 0 Å². The van der Waals surface area contributed by atoms with Crippen LogP contribution in [-0.4, -0.2) is 20.9 Å². The molecule has 0 saturated heterocycles. The van der Waals surface area contributed by atoms with Crippen molar-refractivity contribution in [1.82, 2.24) is 15.0 Å². The Labute approximate surface area is 107 Å². The van der Waals surface area contributed by atoms with Gasteiger partial charge in [-0.05, 0) is 18.2 Å². The third-order valence-corrected chi connectivity index (χ3v) is 2.56. The number of aromatic nitrogens is 3. The second-order valence-corrected chi connectivity index (χ2v) is 4.20. The molecule has 0 spiro atoms. The molecule has 1 aromatic heterocycles. The summed E-state index contributed by atoms with van der Waals surface area (Å²) < 4.78 is 1.44. The Balaban J connectivity index is 2.18. The highest BCUT2D eigenvalue weighted by molar-refractivity contribution is 6.36. The Bertz CT molecular complexity index is 567. The van der Waals surface area contributed by atoms with Crippen molar-refractivity contribution in [3.63, 3.8) is 0 Å². The Kier molecular flexibility index (Phi) is 3.31. The molecule has 1 amide bonds. The predicted molar refractivity (Wildman–Crippen MR) is 65.4 cm³/mol. The highest BCUT2D eigenvalue weighted by Gasteiger charge is 2.11. The molecule has 1 heterocycles. The van der Waals surface area contributed by atoms with Crippen LogP contribution in [0.25, 0.3) is 0 Å². The predicted octanol–water partition coefficient (Wildman–Crippen LogP) is 2.37. The molecule has 1 aromatic carbocycles. The van der Waals surface area contributed by atoms with Crippen molar-refractivity contribution in [2.24, 2.45) is 7.05 Å². The van der Waals surface area contributed by atoms with Crippen LogP contribution in [0.1, 0.15) is 10.5 Å². The maximum Gasteiger partial charge on any atom is 0.277 e. The smallest absolute Gasteiger partial charge is 0.277 e. The summed E-state index contributed by atoms with van der Waals surface area (Å²) in [6.07, 6.45) is 1.51. The lowest BCUT2D eigenvalue weighted by molar-refractivity contribution is 0.102. The summed E-state index contributed by atoms with van der Waals surface area (Å²) in [7, 11) is 1.68. The second-order valence-electron chi connectivity index (χ2n) is 3.36. The minimum atomic E-state index is -0.373. The molecule has 17 heavy (non-hydrogen) atoms. The number of carbonyl (C=O) groups is 1. The summed E-state index contributed by atoms with van der Waals surface area (Å²) in [5, 5.41) is 10.9. The van der Waals surface area contributed by atoms with Crippen molar-refractivity contribution >= 4 is 34.8 Å². The number of anilines is 1. The Morgan fingerprint density at radius 2 is 2.18 bits per heavy atom. The van der Waals surface area contributed by atoms with Crippen LogP contribution in [-0.2, 0) is 7.05 Å². The summed E-state index contributed by atoms with van der Waals surface area (Å²) in [5.41, 5.74) is 0.699. The van der Waals surface area contributed by atoms with Crippen molar-refractivity contribution in [2.45, 2.75) is 0 Å². The first-order chi connectivity index (χ1) is 8.06. The highest BCUT2D eigenvalue weighted by Crippen LogP contribution is 2.25. The van der Waals surface area contributed by atoms with Gasteiger partial charge in [0, 0.05) is 12.1 Å². The first kappa shape index (κ1) is 11.9. The van der Waals surface area contributed by atoms with Crippen molar-refractivity contribution < 1.29 is 4.79 Å². The summed E-state index contributed by atoms with van der Waals surface area (Å²) in [4.78, 5) is 11.7. The van der Waals surface area contributed by atoms with Crippen molar-refractivity contribution in [2.75, 3.05) is 5.32 Å². The lowest BCUT2D eigenvalue weighted by atomic mass is 10.3. The number of rotatable bonds is 2. The van der Waals surface area contributed by atoms with Crippen LogP contribution in [0.4, 0.5) is 5.69 Å². The molecular weight excluding hydrogens is 263 g/mol. The Morgan fingerprint density at radius 3 is 2.76 bits per heavy atom. The summed E-state index contributed by atoms with van der Waals surface area (Å²) in [6, 6.07) is 4.81. The van der Waals surface area contributed by atoms with Gasteiger partial charge in [-0.1, -0.05) is 28.4 Å². The van der Waals surface area contributed by atoms with E-state index in [0.717, 1.165) is 0 Å². The lowest BCUT2D eigenvalue weighted by Gasteiger charge is -2.05.